The number of ether oxygens (including phenoxy) is 2. The van der Waals surface area contributed by atoms with E-state index in [9.17, 15) is 9.59 Å². The maximum atomic E-state index is 12.5. The Balaban J connectivity index is 1.94. The summed E-state index contributed by atoms with van der Waals surface area (Å²) in [5, 5.41) is 4.94. The van der Waals surface area contributed by atoms with Crippen LogP contribution in [0.1, 0.15) is 17.4 Å². The van der Waals surface area contributed by atoms with E-state index in [1.807, 2.05) is 6.92 Å². The third-order valence-corrected chi connectivity index (χ3v) is 3.50. The lowest BCUT2D eigenvalue weighted by molar-refractivity contribution is 0.0728. The van der Waals surface area contributed by atoms with Crippen LogP contribution in [0.2, 0.25) is 0 Å². The van der Waals surface area contributed by atoms with Gasteiger partial charge in [-0.3, -0.25) is 4.79 Å². The molecule has 0 saturated carbocycles. The molecule has 2 aromatic carbocycles. The summed E-state index contributed by atoms with van der Waals surface area (Å²) in [7, 11) is 1.50. The van der Waals surface area contributed by atoms with Crippen LogP contribution < -0.4 is 15.0 Å². The maximum Gasteiger partial charge on any atom is 0.364 e. The molecule has 0 unspecified atom stereocenters. The zero-order valence-electron chi connectivity index (χ0n) is 13.4. The summed E-state index contributed by atoms with van der Waals surface area (Å²) < 4.78 is 11.8. The van der Waals surface area contributed by atoms with E-state index >= 15 is 0 Å². The van der Waals surface area contributed by atoms with Gasteiger partial charge in [0.25, 0.3) is 5.56 Å². The molecule has 1 heterocycles. The molecule has 0 N–H and O–H groups in total. The van der Waals surface area contributed by atoms with Crippen molar-refractivity contribution >= 4 is 16.7 Å². The average Bonchev–Trinajstić information content (AvgIpc) is 2.60. The molecular weight excluding hydrogens is 308 g/mol. The van der Waals surface area contributed by atoms with E-state index in [1.54, 1.807) is 48.5 Å². The van der Waals surface area contributed by atoms with Gasteiger partial charge in [0.2, 0.25) is 0 Å². The molecule has 6 nitrogen and oxygen atoms in total. The summed E-state index contributed by atoms with van der Waals surface area (Å²) in [5.74, 6) is 0.456. The fourth-order valence-electron chi connectivity index (χ4n) is 2.38. The quantitative estimate of drug-likeness (QED) is 0.545. The average molecular weight is 324 g/mol. The molecule has 3 rings (SSSR count). The van der Waals surface area contributed by atoms with Crippen LogP contribution in [0.5, 0.6) is 11.5 Å². The molecule has 3 aromatic rings. The van der Waals surface area contributed by atoms with Crippen LogP contribution in [0, 0.1) is 0 Å². The highest BCUT2D eigenvalue weighted by Gasteiger charge is 2.17. The van der Waals surface area contributed by atoms with Crippen LogP contribution >= 0.6 is 0 Å². The van der Waals surface area contributed by atoms with Crippen LogP contribution in [0.25, 0.3) is 10.8 Å². The highest BCUT2D eigenvalue weighted by atomic mass is 16.5. The normalized spacial score (nSPS) is 10.6. The lowest BCUT2D eigenvalue weighted by Gasteiger charge is -2.09. The van der Waals surface area contributed by atoms with Crippen LogP contribution in [-0.4, -0.2) is 22.4 Å². The minimum absolute atomic E-state index is 0.0987. The second kappa shape index (κ2) is 6.54. The van der Waals surface area contributed by atoms with Crippen molar-refractivity contribution in [2.45, 2.75) is 6.92 Å². The van der Waals surface area contributed by atoms with Gasteiger partial charge < -0.3 is 9.47 Å². The number of nitrogens with zero attached hydrogens (tertiary/aromatic N) is 2. The fraction of sp³-hybridized carbons (Fsp3) is 0.167. The zero-order valence-corrected chi connectivity index (χ0v) is 13.4. The van der Waals surface area contributed by atoms with Crippen molar-refractivity contribution in [1.82, 2.24) is 9.78 Å². The Kier molecular flexibility index (Phi) is 4.29. The number of hydrogen-bond acceptors (Lipinski definition) is 5. The number of esters is 1. The van der Waals surface area contributed by atoms with Crippen LogP contribution in [0.3, 0.4) is 0 Å². The molecule has 0 spiro atoms. The van der Waals surface area contributed by atoms with Gasteiger partial charge in [0.1, 0.15) is 11.5 Å². The summed E-state index contributed by atoms with van der Waals surface area (Å²) >= 11 is 0. The van der Waals surface area contributed by atoms with Gasteiger partial charge in [0.05, 0.1) is 12.0 Å². The van der Waals surface area contributed by atoms with Gasteiger partial charge in [-0.25, -0.2) is 9.48 Å². The van der Waals surface area contributed by atoms with Crippen LogP contribution in [-0.2, 0) is 7.05 Å². The van der Waals surface area contributed by atoms with Gasteiger partial charge in [-0.15, -0.1) is 0 Å². The molecule has 0 atom stereocenters. The van der Waals surface area contributed by atoms with Crippen molar-refractivity contribution in [2.24, 2.45) is 7.05 Å². The Labute approximate surface area is 138 Å². The largest absolute Gasteiger partial charge is 0.494 e. The molecule has 0 aliphatic rings. The van der Waals surface area contributed by atoms with Gasteiger partial charge in [0.15, 0.2) is 5.69 Å². The van der Waals surface area contributed by atoms with E-state index in [4.69, 9.17) is 9.47 Å². The molecule has 1 aromatic heterocycles. The molecule has 6 heteroatoms. The van der Waals surface area contributed by atoms with Crippen molar-refractivity contribution in [3.05, 3.63) is 64.6 Å². The minimum atomic E-state index is -0.619. The Hall–Kier alpha value is -3.15. The third kappa shape index (κ3) is 2.99. The highest BCUT2D eigenvalue weighted by molar-refractivity contribution is 6.02. The number of hydrogen-bond donors (Lipinski definition) is 0. The van der Waals surface area contributed by atoms with Gasteiger partial charge in [0, 0.05) is 12.4 Å². The number of aryl methyl sites for hydroxylation is 1. The van der Waals surface area contributed by atoms with Crippen molar-refractivity contribution in [1.29, 1.82) is 0 Å². The number of rotatable bonds is 4. The van der Waals surface area contributed by atoms with Gasteiger partial charge in [-0.05, 0) is 37.3 Å². The first-order chi connectivity index (χ1) is 11.6. The van der Waals surface area contributed by atoms with E-state index in [0.29, 0.717) is 28.9 Å². The molecule has 0 radical (unpaired) electrons. The van der Waals surface area contributed by atoms with Gasteiger partial charge >= 0.3 is 5.97 Å². The van der Waals surface area contributed by atoms with Crippen molar-refractivity contribution in [2.75, 3.05) is 6.61 Å². The summed E-state index contributed by atoms with van der Waals surface area (Å²) in [6.45, 7) is 2.46. The number of carbonyl (C=O) groups excluding carboxylic acids is 1. The lowest BCUT2D eigenvalue weighted by Crippen LogP contribution is -2.24. The van der Waals surface area contributed by atoms with Gasteiger partial charge in [-0.2, -0.15) is 5.10 Å². The maximum absolute atomic E-state index is 12.5. The second-order valence-corrected chi connectivity index (χ2v) is 5.12. The van der Waals surface area contributed by atoms with Crippen molar-refractivity contribution < 1.29 is 14.3 Å². The van der Waals surface area contributed by atoms with Crippen LogP contribution in [0.15, 0.2) is 53.3 Å². The van der Waals surface area contributed by atoms with Gasteiger partial charge in [-0.1, -0.05) is 18.2 Å². The Bertz CT molecular complexity index is 945. The first-order valence-corrected chi connectivity index (χ1v) is 7.51. The molecule has 0 bridgehead atoms. The number of carbonyl (C=O) groups is 1. The van der Waals surface area contributed by atoms with Crippen molar-refractivity contribution in [3.63, 3.8) is 0 Å². The zero-order chi connectivity index (χ0) is 17.1. The number of aromatic nitrogens is 2. The summed E-state index contributed by atoms with van der Waals surface area (Å²) in [5.41, 5.74) is -0.162. The SMILES string of the molecule is CCOc1ccc(OC(=O)c2nn(C)c(=O)c3ccccc23)cc1. The summed E-state index contributed by atoms with van der Waals surface area (Å²) in [4.78, 5) is 24.6. The molecule has 0 amide bonds. The van der Waals surface area contributed by atoms with E-state index in [-0.39, 0.29) is 11.3 Å². The Morgan fingerprint density at radius 2 is 1.67 bits per heavy atom. The van der Waals surface area contributed by atoms with E-state index in [1.165, 1.54) is 7.05 Å². The molecule has 0 saturated heterocycles. The molecule has 0 fully saturated rings. The third-order valence-electron chi connectivity index (χ3n) is 3.50. The van der Waals surface area contributed by atoms with E-state index in [0.717, 1.165) is 4.68 Å². The summed E-state index contributed by atoms with van der Waals surface area (Å²) in [6.07, 6.45) is 0. The lowest BCUT2D eigenvalue weighted by atomic mass is 10.1. The fourth-order valence-corrected chi connectivity index (χ4v) is 2.38. The molecule has 24 heavy (non-hydrogen) atoms. The first-order valence-electron chi connectivity index (χ1n) is 7.51. The van der Waals surface area contributed by atoms with E-state index in [2.05, 4.69) is 5.10 Å². The standard InChI is InChI=1S/C18H16N2O4/c1-3-23-12-8-10-13(11-9-12)24-18(22)16-14-6-4-5-7-15(14)17(21)20(2)19-16/h4-11H,3H2,1-2H3. The molecule has 0 aliphatic heterocycles. The predicted molar refractivity (Wildman–Crippen MR) is 89.6 cm³/mol. The predicted octanol–water partition coefficient (Wildman–Crippen LogP) is 2.55. The Morgan fingerprint density at radius 1 is 1.04 bits per heavy atom. The first kappa shape index (κ1) is 15.7. The monoisotopic (exact) mass is 324 g/mol. The van der Waals surface area contributed by atoms with E-state index < -0.39 is 5.97 Å². The second-order valence-electron chi connectivity index (χ2n) is 5.12. The molecule has 122 valence electrons. The van der Waals surface area contributed by atoms with Crippen molar-refractivity contribution in [3.8, 4) is 11.5 Å². The van der Waals surface area contributed by atoms with Crippen LogP contribution in [0.4, 0.5) is 0 Å². The summed E-state index contributed by atoms with van der Waals surface area (Å²) in [6, 6.07) is 13.6. The smallest absolute Gasteiger partial charge is 0.364 e. The topological polar surface area (TPSA) is 70.4 Å². The Morgan fingerprint density at radius 3 is 2.33 bits per heavy atom. The highest BCUT2D eigenvalue weighted by Crippen LogP contribution is 2.20. The number of benzene rings is 2. The molecular formula is C18H16N2O4. The minimum Gasteiger partial charge on any atom is -0.494 e. The number of fused-ring (bicyclic) bond motifs is 1. The molecule has 0 aliphatic carbocycles.